The Hall–Kier alpha value is -4.79. The van der Waals surface area contributed by atoms with E-state index in [4.69, 9.17) is 10.5 Å². The van der Waals surface area contributed by atoms with Gasteiger partial charge in [-0.2, -0.15) is 0 Å². The van der Waals surface area contributed by atoms with E-state index < -0.39 is 0 Å². The van der Waals surface area contributed by atoms with Crippen molar-refractivity contribution in [1.29, 1.82) is 0 Å². The Bertz CT molecular complexity index is 1530. The number of nitrogen functional groups attached to an aromatic ring is 1. The first-order valence-electron chi connectivity index (χ1n) is 10.5. The number of nitrogens with two attached hydrogens (primary N) is 1. The lowest BCUT2D eigenvalue weighted by atomic mass is 10.0. The molecule has 5 rings (SSSR count). The Labute approximate surface area is 195 Å². The van der Waals surface area contributed by atoms with Gasteiger partial charge in [0, 0.05) is 28.4 Å². The van der Waals surface area contributed by atoms with Crippen molar-refractivity contribution in [3.05, 3.63) is 78.4 Å². The number of carbonyl (C=O) groups is 1. The number of hydrogen-bond donors (Lipinski definition) is 3. The van der Waals surface area contributed by atoms with Crippen LogP contribution in [0.5, 0.6) is 5.88 Å². The average Bonchev–Trinajstić information content (AvgIpc) is 2.86. The van der Waals surface area contributed by atoms with Crippen LogP contribution in [0, 0.1) is 6.92 Å². The maximum Gasteiger partial charge on any atom is 0.257 e. The summed E-state index contributed by atoms with van der Waals surface area (Å²) in [6, 6.07) is 14.7. The molecule has 1 amide bonds. The Balaban J connectivity index is 1.53. The number of nitrogens with zero attached hydrogens (tertiary/aromatic N) is 4. The number of rotatable bonds is 5. The maximum atomic E-state index is 13.3. The Morgan fingerprint density at radius 3 is 2.62 bits per heavy atom. The summed E-state index contributed by atoms with van der Waals surface area (Å²) in [4.78, 5) is 30.3. The van der Waals surface area contributed by atoms with Crippen LogP contribution in [0.4, 0.5) is 23.0 Å². The second-order valence-electron chi connectivity index (χ2n) is 7.64. The quantitative estimate of drug-likeness (QED) is 0.357. The van der Waals surface area contributed by atoms with Crippen LogP contribution in [-0.4, -0.2) is 33.0 Å². The van der Waals surface area contributed by atoms with Crippen molar-refractivity contribution in [2.75, 3.05) is 23.5 Å². The van der Waals surface area contributed by atoms with Gasteiger partial charge < -0.3 is 21.1 Å². The van der Waals surface area contributed by atoms with E-state index in [2.05, 4.69) is 30.6 Å². The molecule has 0 radical (unpaired) electrons. The topological polar surface area (TPSA) is 128 Å². The van der Waals surface area contributed by atoms with E-state index >= 15 is 0 Å². The summed E-state index contributed by atoms with van der Waals surface area (Å²) in [5.74, 6) is 1.21. The van der Waals surface area contributed by atoms with Crippen LogP contribution in [0.3, 0.4) is 0 Å². The molecular formula is C25H21N7O2. The lowest BCUT2D eigenvalue weighted by Gasteiger charge is -2.15. The highest BCUT2D eigenvalue weighted by atomic mass is 16.5. The molecule has 0 fully saturated rings. The van der Waals surface area contributed by atoms with Crippen molar-refractivity contribution >= 4 is 50.6 Å². The van der Waals surface area contributed by atoms with Gasteiger partial charge in [0.15, 0.2) is 0 Å². The number of carbonyl (C=O) groups excluding carboxylic acids is 1. The van der Waals surface area contributed by atoms with Crippen LogP contribution in [0.2, 0.25) is 0 Å². The zero-order valence-corrected chi connectivity index (χ0v) is 18.5. The number of nitrogens with one attached hydrogen (secondary N) is 2. The Morgan fingerprint density at radius 2 is 1.82 bits per heavy atom. The number of hydrogen-bond acceptors (Lipinski definition) is 8. The summed E-state index contributed by atoms with van der Waals surface area (Å²) in [6.45, 7) is 1.94. The number of amides is 1. The van der Waals surface area contributed by atoms with Crippen LogP contribution >= 0.6 is 0 Å². The van der Waals surface area contributed by atoms with E-state index in [0.717, 1.165) is 22.0 Å². The van der Waals surface area contributed by atoms with Crippen molar-refractivity contribution < 1.29 is 9.53 Å². The SMILES string of the molecule is COc1ccc(Nc2nccc3c(NC(=O)c4cccc5c(N)ncnc45)c(C)ccc23)cn1. The molecule has 34 heavy (non-hydrogen) atoms. The second kappa shape index (κ2) is 8.62. The fraction of sp³-hybridized carbons (Fsp3) is 0.0800. The van der Waals surface area contributed by atoms with E-state index in [1.54, 1.807) is 43.8 Å². The molecule has 3 aromatic heterocycles. The third-order valence-corrected chi connectivity index (χ3v) is 5.54. The predicted octanol–water partition coefficient (Wildman–Crippen LogP) is 4.47. The van der Waals surface area contributed by atoms with Gasteiger partial charge in [-0.15, -0.1) is 0 Å². The number of aromatic nitrogens is 4. The Kier molecular flexibility index (Phi) is 5.35. The molecular weight excluding hydrogens is 430 g/mol. The summed E-state index contributed by atoms with van der Waals surface area (Å²) >= 11 is 0. The summed E-state index contributed by atoms with van der Waals surface area (Å²) in [5.41, 5.74) is 9.26. The van der Waals surface area contributed by atoms with E-state index in [1.165, 1.54) is 6.33 Å². The highest BCUT2D eigenvalue weighted by Crippen LogP contribution is 2.33. The Morgan fingerprint density at radius 1 is 0.941 bits per heavy atom. The van der Waals surface area contributed by atoms with Crippen LogP contribution in [0.15, 0.2) is 67.3 Å². The van der Waals surface area contributed by atoms with Gasteiger partial charge in [-0.05, 0) is 36.8 Å². The largest absolute Gasteiger partial charge is 0.481 e. The number of anilines is 4. The highest BCUT2D eigenvalue weighted by Gasteiger charge is 2.16. The molecule has 0 aliphatic rings. The summed E-state index contributed by atoms with van der Waals surface area (Å²) in [5, 5.41) is 8.68. The van der Waals surface area contributed by atoms with Crippen LogP contribution in [0.25, 0.3) is 21.7 Å². The molecule has 168 valence electrons. The van der Waals surface area contributed by atoms with Crippen molar-refractivity contribution in [1.82, 2.24) is 19.9 Å². The van der Waals surface area contributed by atoms with Crippen molar-refractivity contribution in [2.24, 2.45) is 0 Å². The maximum absolute atomic E-state index is 13.3. The first-order chi connectivity index (χ1) is 16.5. The van der Waals surface area contributed by atoms with Gasteiger partial charge >= 0.3 is 0 Å². The van der Waals surface area contributed by atoms with Crippen molar-refractivity contribution in [3.63, 3.8) is 0 Å². The number of pyridine rings is 2. The minimum absolute atomic E-state index is 0.287. The fourth-order valence-electron chi connectivity index (χ4n) is 3.81. The monoisotopic (exact) mass is 451 g/mol. The molecule has 4 N–H and O–H groups in total. The summed E-state index contributed by atoms with van der Waals surface area (Å²) < 4.78 is 5.12. The first-order valence-corrected chi connectivity index (χ1v) is 10.5. The third-order valence-electron chi connectivity index (χ3n) is 5.54. The zero-order chi connectivity index (χ0) is 23.7. The first kappa shape index (κ1) is 21.1. The van der Waals surface area contributed by atoms with E-state index in [9.17, 15) is 4.79 Å². The van der Waals surface area contributed by atoms with Gasteiger partial charge in [-0.1, -0.05) is 18.2 Å². The van der Waals surface area contributed by atoms with Crippen molar-refractivity contribution in [3.8, 4) is 5.88 Å². The predicted molar refractivity (Wildman–Crippen MR) is 132 cm³/mol. The molecule has 5 aromatic rings. The van der Waals surface area contributed by atoms with Gasteiger partial charge in [0.2, 0.25) is 5.88 Å². The van der Waals surface area contributed by atoms with Crippen LogP contribution in [0.1, 0.15) is 15.9 Å². The zero-order valence-electron chi connectivity index (χ0n) is 18.5. The van der Waals surface area contributed by atoms with Crippen LogP contribution in [-0.2, 0) is 0 Å². The van der Waals surface area contributed by atoms with E-state index in [-0.39, 0.29) is 5.91 Å². The minimum atomic E-state index is -0.287. The normalized spacial score (nSPS) is 10.9. The summed E-state index contributed by atoms with van der Waals surface area (Å²) in [7, 11) is 1.57. The molecule has 0 saturated carbocycles. The van der Waals surface area contributed by atoms with Crippen molar-refractivity contribution in [2.45, 2.75) is 6.92 Å². The van der Waals surface area contributed by atoms with Gasteiger partial charge in [-0.3, -0.25) is 4.79 Å². The van der Waals surface area contributed by atoms with Crippen LogP contribution < -0.4 is 21.1 Å². The number of para-hydroxylation sites is 1. The molecule has 0 aliphatic carbocycles. The molecule has 9 nitrogen and oxygen atoms in total. The average molecular weight is 451 g/mol. The summed E-state index contributed by atoms with van der Waals surface area (Å²) in [6.07, 6.45) is 4.72. The molecule has 0 saturated heterocycles. The number of ether oxygens (including phenoxy) is 1. The number of fused-ring (bicyclic) bond motifs is 2. The third kappa shape index (κ3) is 3.79. The standard InChI is InChI=1S/C25H21N7O2/c1-14-6-8-17-16(10-11-27-24(17)31-15-7-9-20(34-2)28-12-15)21(14)32-25(33)19-5-3-4-18-22(19)29-13-30-23(18)26/h3-13H,1-2H3,(H,27,31)(H,32,33)(H2,26,29,30). The number of benzene rings is 2. The highest BCUT2D eigenvalue weighted by molar-refractivity contribution is 6.16. The molecule has 9 heteroatoms. The van der Waals surface area contributed by atoms with E-state index in [1.807, 2.05) is 31.2 Å². The molecule has 0 atom stereocenters. The number of methoxy groups -OCH3 is 1. The molecule has 0 aliphatic heterocycles. The lowest BCUT2D eigenvalue weighted by molar-refractivity contribution is 0.102. The minimum Gasteiger partial charge on any atom is -0.481 e. The molecule has 0 spiro atoms. The van der Waals surface area contributed by atoms with Gasteiger partial charge in [-0.25, -0.2) is 19.9 Å². The number of aryl methyl sites for hydroxylation is 1. The van der Waals surface area contributed by atoms with E-state index in [0.29, 0.717) is 39.7 Å². The smallest absolute Gasteiger partial charge is 0.257 e. The second-order valence-corrected chi connectivity index (χ2v) is 7.64. The molecule has 0 bridgehead atoms. The molecule has 0 unspecified atom stereocenters. The van der Waals surface area contributed by atoms with Gasteiger partial charge in [0.05, 0.1) is 35.8 Å². The van der Waals surface area contributed by atoms with Gasteiger partial charge in [0.1, 0.15) is 18.0 Å². The molecule has 2 aromatic carbocycles. The lowest BCUT2D eigenvalue weighted by Crippen LogP contribution is -2.14. The molecule has 3 heterocycles. The van der Waals surface area contributed by atoms with Gasteiger partial charge in [0.25, 0.3) is 5.91 Å². The fourth-order valence-corrected chi connectivity index (χ4v) is 3.81.